The van der Waals surface area contributed by atoms with E-state index in [1.54, 1.807) is 25.9 Å². The zero-order valence-electron chi connectivity index (χ0n) is 22.2. The van der Waals surface area contributed by atoms with Gasteiger partial charge in [0, 0.05) is 39.2 Å². The predicted octanol–water partition coefficient (Wildman–Crippen LogP) is 1.48. The largest absolute Gasteiger partial charge is 0.458 e. The number of ether oxygens (including phenoxy) is 3. The highest BCUT2D eigenvalue weighted by Crippen LogP contribution is 2.38. The Morgan fingerprint density at radius 1 is 1.16 bits per heavy atom. The summed E-state index contributed by atoms with van der Waals surface area (Å²) in [5.41, 5.74) is 6.78. The van der Waals surface area contributed by atoms with Crippen LogP contribution in [0.1, 0.15) is 48.6 Å². The maximum Gasteiger partial charge on any atom is 0.322 e. The molecule has 1 aromatic heterocycles. The lowest BCUT2D eigenvalue weighted by molar-refractivity contribution is -0.146. The van der Waals surface area contributed by atoms with E-state index in [1.807, 2.05) is 24.3 Å². The average molecular weight is 515 g/mol. The topological polar surface area (TPSA) is 125 Å². The van der Waals surface area contributed by atoms with Crippen LogP contribution in [0.25, 0.3) is 0 Å². The highest BCUT2D eigenvalue weighted by atomic mass is 16.5. The maximum absolute atomic E-state index is 13.5. The molecule has 2 unspecified atom stereocenters. The van der Waals surface area contributed by atoms with Gasteiger partial charge in [0.05, 0.1) is 37.8 Å². The normalized spacial score (nSPS) is 20.5. The third-order valence-corrected chi connectivity index (χ3v) is 6.90. The molecule has 2 N–H and O–H groups in total. The van der Waals surface area contributed by atoms with E-state index in [0.29, 0.717) is 38.7 Å². The third kappa shape index (κ3) is 6.18. The summed E-state index contributed by atoms with van der Waals surface area (Å²) in [6.07, 6.45) is 0. The second kappa shape index (κ2) is 11.7. The minimum atomic E-state index is -0.850. The van der Waals surface area contributed by atoms with Crippen LogP contribution in [0.5, 0.6) is 6.01 Å². The summed E-state index contributed by atoms with van der Waals surface area (Å²) in [7, 11) is 1.55. The first kappa shape index (κ1) is 27.2. The van der Waals surface area contributed by atoms with E-state index in [4.69, 9.17) is 19.9 Å². The van der Waals surface area contributed by atoms with Crippen LogP contribution in [-0.4, -0.2) is 89.5 Å². The lowest BCUT2D eigenvalue weighted by atomic mass is 9.89. The lowest BCUT2D eigenvalue weighted by Gasteiger charge is -2.45. The number of carbonyl (C=O) groups is 2. The molecule has 11 nitrogen and oxygen atoms in total. The van der Waals surface area contributed by atoms with E-state index >= 15 is 0 Å². The number of amides is 1. The van der Waals surface area contributed by atoms with Crippen LogP contribution in [0.4, 0.5) is 0 Å². The maximum atomic E-state index is 13.5. The van der Waals surface area contributed by atoms with Crippen molar-refractivity contribution in [3.8, 4) is 6.01 Å². The van der Waals surface area contributed by atoms with Crippen LogP contribution < -0.4 is 10.5 Å². The van der Waals surface area contributed by atoms with Gasteiger partial charge in [0.2, 0.25) is 5.91 Å². The van der Waals surface area contributed by atoms with Gasteiger partial charge in [-0.05, 0) is 25.0 Å². The monoisotopic (exact) mass is 514 g/mol. The van der Waals surface area contributed by atoms with Crippen molar-refractivity contribution >= 4 is 11.8 Å². The molecule has 2 atom stereocenters. The van der Waals surface area contributed by atoms with Gasteiger partial charge in [0.15, 0.2) is 5.82 Å². The first-order chi connectivity index (χ1) is 17.7. The number of aromatic nitrogens is 3. The first-order valence-electron chi connectivity index (χ1n) is 12.7. The Morgan fingerprint density at radius 3 is 2.46 bits per heavy atom. The Hall–Kier alpha value is -2.86. The van der Waals surface area contributed by atoms with Crippen molar-refractivity contribution in [2.24, 2.45) is 17.1 Å². The molecule has 0 saturated carbocycles. The van der Waals surface area contributed by atoms with Crippen molar-refractivity contribution in [2.45, 2.75) is 40.0 Å². The quantitative estimate of drug-likeness (QED) is 0.502. The number of rotatable bonds is 10. The minimum Gasteiger partial charge on any atom is -0.458 e. The number of morpholine rings is 1. The number of nitrogens with two attached hydrogens (primary N) is 1. The second-order valence-electron chi connectivity index (χ2n) is 10.5. The Bertz CT molecular complexity index is 1080. The Morgan fingerprint density at radius 2 is 1.84 bits per heavy atom. The average Bonchev–Trinajstić information content (AvgIpc) is 3.28. The number of hydrogen-bond acceptors (Lipinski definition) is 9. The molecule has 2 saturated heterocycles. The molecule has 1 amide bonds. The van der Waals surface area contributed by atoms with Crippen LogP contribution in [0.15, 0.2) is 24.3 Å². The Kier molecular flexibility index (Phi) is 8.58. The third-order valence-electron chi connectivity index (χ3n) is 6.90. The van der Waals surface area contributed by atoms with Crippen molar-refractivity contribution in [1.82, 2.24) is 24.6 Å². The molecule has 37 heavy (non-hydrogen) atoms. The number of hydrogen-bond donors (Lipinski definition) is 1. The molecule has 1 aromatic carbocycles. The highest BCUT2D eigenvalue weighted by molar-refractivity contribution is 5.84. The molecular formula is C26H38N6O5. The van der Waals surface area contributed by atoms with Crippen molar-refractivity contribution in [3.05, 3.63) is 41.2 Å². The van der Waals surface area contributed by atoms with E-state index in [2.05, 4.69) is 21.9 Å². The number of carbonyl (C=O) groups excluding carboxylic acids is 2. The van der Waals surface area contributed by atoms with Gasteiger partial charge in [-0.25, -0.2) is 0 Å². The van der Waals surface area contributed by atoms with Crippen LogP contribution in [0, 0.1) is 11.3 Å². The van der Waals surface area contributed by atoms with E-state index in [1.165, 1.54) is 4.68 Å². The predicted molar refractivity (Wildman–Crippen MR) is 136 cm³/mol. The molecule has 0 radical (unpaired) electrons. The standard InChI is InChI=1S/C26H38N6O5/c1-18-14-31(21(33)15-30-9-11-36-12-10-30)22(18)23-28-25(32(29-23)24(34)26(2,3)17-35-4)37-16-20-7-5-19(13-27)6-8-20/h5-8,18,22H,9-17,27H2,1-4H3. The van der Waals surface area contributed by atoms with Gasteiger partial charge in [-0.15, -0.1) is 9.78 Å². The fraction of sp³-hybridized carbons (Fsp3) is 0.615. The van der Waals surface area contributed by atoms with Gasteiger partial charge < -0.3 is 24.8 Å². The minimum absolute atomic E-state index is 0.0230. The van der Waals surface area contributed by atoms with Gasteiger partial charge >= 0.3 is 6.01 Å². The molecule has 202 valence electrons. The van der Waals surface area contributed by atoms with Crippen LogP contribution in [0.2, 0.25) is 0 Å². The van der Waals surface area contributed by atoms with Crippen molar-refractivity contribution in [3.63, 3.8) is 0 Å². The molecule has 4 rings (SSSR count). The Balaban J connectivity index is 1.56. The fourth-order valence-electron chi connectivity index (χ4n) is 4.68. The molecule has 2 fully saturated rings. The summed E-state index contributed by atoms with van der Waals surface area (Å²) in [6, 6.07) is 7.53. The van der Waals surface area contributed by atoms with Crippen molar-refractivity contribution < 1.29 is 23.8 Å². The highest BCUT2D eigenvalue weighted by Gasteiger charge is 2.44. The summed E-state index contributed by atoms with van der Waals surface area (Å²) < 4.78 is 17.9. The fourth-order valence-corrected chi connectivity index (χ4v) is 4.68. The first-order valence-corrected chi connectivity index (χ1v) is 12.7. The van der Waals surface area contributed by atoms with E-state index < -0.39 is 5.41 Å². The van der Waals surface area contributed by atoms with Crippen molar-refractivity contribution in [1.29, 1.82) is 0 Å². The van der Waals surface area contributed by atoms with Gasteiger partial charge in [-0.3, -0.25) is 14.5 Å². The number of methoxy groups -OCH3 is 1. The SMILES string of the molecule is COCC(C)(C)C(=O)n1nc(C2C(C)CN2C(=O)CN2CCOCC2)nc1OCc1ccc(CN)cc1. The van der Waals surface area contributed by atoms with E-state index in [-0.39, 0.29) is 43.0 Å². The lowest BCUT2D eigenvalue weighted by Crippen LogP contribution is -2.55. The molecule has 3 heterocycles. The molecule has 0 bridgehead atoms. The summed E-state index contributed by atoms with van der Waals surface area (Å²) in [5.74, 6) is 0.293. The molecule has 11 heteroatoms. The molecule has 2 aliphatic heterocycles. The smallest absolute Gasteiger partial charge is 0.322 e. The number of nitrogens with zero attached hydrogens (tertiary/aromatic N) is 5. The Labute approximate surface area is 217 Å². The zero-order valence-corrected chi connectivity index (χ0v) is 22.2. The molecule has 2 aliphatic rings. The summed E-state index contributed by atoms with van der Waals surface area (Å²) in [5, 5.41) is 4.58. The number of benzene rings is 1. The molecule has 0 spiro atoms. The molecule has 2 aromatic rings. The van der Waals surface area contributed by atoms with Gasteiger partial charge in [-0.1, -0.05) is 31.2 Å². The van der Waals surface area contributed by atoms with Crippen LogP contribution in [0.3, 0.4) is 0 Å². The zero-order chi connectivity index (χ0) is 26.6. The van der Waals surface area contributed by atoms with E-state index in [9.17, 15) is 9.59 Å². The van der Waals surface area contributed by atoms with Gasteiger partial charge in [-0.2, -0.15) is 4.98 Å². The van der Waals surface area contributed by atoms with E-state index in [0.717, 1.165) is 24.2 Å². The number of likely N-dealkylation sites (tertiary alicyclic amines) is 1. The second-order valence-corrected chi connectivity index (χ2v) is 10.5. The summed E-state index contributed by atoms with van der Waals surface area (Å²) in [4.78, 5) is 35.1. The molecular weight excluding hydrogens is 476 g/mol. The van der Waals surface area contributed by atoms with Crippen LogP contribution in [-0.2, 0) is 27.4 Å². The molecule has 0 aliphatic carbocycles. The summed E-state index contributed by atoms with van der Waals surface area (Å²) in [6.45, 7) is 10.2. The van der Waals surface area contributed by atoms with Gasteiger partial charge in [0.1, 0.15) is 6.61 Å². The summed E-state index contributed by atoms with van der Waals surface area (Å²) >= 11 is 0. The van der Waals surface area contributed by atoms with Crippen LogP contribution >= 0.6 is 0 Å². The van der Waals surface area contributed by atoms with Gasteiger partial charge in [0.25, 0.3) is 5.91 Å². The van der Waals surface area contributed by atoms with Crippen molar-refractivity contribution in [2.75, 3.05) is 53.1 Å².